The highest BCUT2D eigenvalue weighted by Crippen LogP contribution is 2.25. The number of nitrogens with zero attached hydrogens (tertiary/aromatic N) is 1. The molecule has 0 radical (unpaired) electrons. The lowest BCUT2D eigenvalue weighted by Gasteiger charge is -2.23. The van der Waals surface area contributed by atoms with Crippen LogP contribution in [0.5, 0.6) is 0 Å². The molecule has 2 amide bonds. The SMILES string of the molecule is Cl.NC(N)=NCCC[C@@H](NC(=O)C(c1ccccc1)c1ccccc1)C(=O)NCc1ccc(Cl)cc1. The van der Waals surface area contributed by atoms with Crippen LogP contribution in [0.1, 0.15) is 35.4 Å². The van der Waals surface area contributed by atoms with Crippen LogP contribution in [0.2, 0.25) is 5.02 Å². The third kappa shape index (κ3) is 8.91. The Labute approximate surface area is 222 Å². The average Bonchev–Trinajstić information content (AvgIpc) is 2.86. The molecule has 3 rings (SSSR count). The lowest BCUT2D eigenvalue weighted by atomic mass is 9.90. The second-order valence-corrected chi connectivity index (χ2v) is 8.55. The van der Waals surface area contributed by atoms with Crippen molar-refractivity contribution in [2.45, 2.75) is 31.3 Å². The number of guanidine groups is 1. The summed E-state index contributed by atoms with van der Waals surface area (Å²) in [6.45, 7) is 0.678. The van der Waals surface area contributed by atoms with Gasteiger partial charge in [-0.3, -0.25) is 14.6 Å². The van der Waals surface area contributed by atoms with Crippen molar-refractivity contribution in [3.63, 3.8) is 0 Å². The predicted octanol–water partition coefficient (Wildman–Crippen LogP) is 3.75. The summed E-state index contributed by atoms with van der Waals surface area (Å²) in [5.74, 6) is -1.10. The largest absolute Gasteiger partial charge is 0.370 e. The molecule has 0 aromatic heterocycles. The lowest BCUT2D eigenvalue weighted by Crippen LogP contribution is -2.48. The number of hydrogen-bond acceptors (Lipinski definition) is 3. The van der Waals surface area contributed by atoms with Crippen molar-refractivity contribution in [3.05, 3.63) is 107 Å². The highest BCUT2D eigenvalue weighted by molar-refractivity contribution is 6.30. The van der Waals surface area contributed by atoms with Gasteiger partial charge in [0, 0.05) is 18.1 Å². The van der Waals surface area contributed by atoms with Gasteiger partial charge in [0.2, 0.25) is 11.8 Å². The first-order valence-corrected chi connectivity index (χ1v) is 11.8. The van der Waals surface area contributed by atoms with Crippen molar-refractivity contribution in [2.75, 3.05) is 6.54 Å². The van der Waals surface area contributed by atoms with Gasteiger partial charge in [0.25, 0.3) is 0 Å². The van der Waals surface area contributed by atoms with E-state index in [0.29, 0.717) is 31.0 Å². The number of aliphatic imine (C=N–C) groups is 1. The highest BCUT2D eigenvalue weighted by Gasteiger charge is 2.27. The maximum absolute atomic E-state index is 13.5. The van der Waals surface area contributed by atoms with E-state index in [0.717, 1.165) is 16.7 Å². The van der Waals surface area contributed by atoms with Gasteiger partial charge in [0.1, 0.15) is 6.04 Å². The number of nitrogens with one attached hydrogen (secondary N) is 2. The van der Waals surface area contributed by atoms with E-state index in [-0.39, 0.29) is 30.2 Å². The Morgan fingerprint density at radius 2 is 1.39 bits per heavy atom. The van der Waals surface area contributed by atoms with Crippen LogP contribution in [0.4, 0.5) is 0 Å². The zero-order chi connectivity index (χ0) is 25.0. The number of nitrogens with two attached hydrogens (primary N) is 2. The molecule has 7 nitrogen and oxygen atoms in total. The van der Waals surface area contributed by atoms with Gasteiger partial charge in [-0.05, 0) is 41.7 Å². The molecule has 0 fully saturated rings. The topological polar surface area (TPSA) is 123 Å². The summed E-state index contributed by atoms with van der Waals surface area (Å²) in [5.41, 5.74) is 13.4. The van der Waals surface area contributed by atoms with Crippen molar-refractivity contribution >= 4 is 41.8 Å². The zero-order valence-electron chi connectivity index (χ0n) is 19.8. The van der Waals surface area contributed by atoms with Gasteiger partial charge in [-0.25, -0.2) is 0 Å². The number of carbonyl (C=O) groups excluding carboxylic acids is 2. The maximum atomic E-state index is 13.5. The number of carbonyl (C=O) groups is 2. The molecule has 0 saturated heterocycles. The molecular formula is C27H31Cl2N5O2. The van der Waals surface area contributed by atoms with Crippen LogP contribution in [0, 0.1) is 0 Å². The molecule has 0 saturated carbocycles. The molecule has 3 aromatic rings. The molecule has 190 valence electrons. The molecule has 0 bridgehead atoms. The van der Waals surface area contributed by atoms with Gasteiger partial charge in [0.05, 0.1) is 5.92 Å². The molecule has 6 N–H and O–H groups in total. The molecular weight excluding hydrogens is 497 g/mol. The van der Waals surface area contributed by atoms with E-state index >= 15 is 0 Å². The smallest absolute Gasteiger partial charge is 0.242 e. The summed E-state index contributed by atoms with van der Waals surface area (Å²) in [6, 6.07) is 25.5. The Balaban J connectivity index is 0.00000456. The Morgan fingerprint density at radius 1 is 0.833 bits per heavy atom. The van der Waals surface area contributed by atoms with Gasteiger partial charge in [-0.2, -0.15) is 0 Å². The molecule has 0 aliphatic rings. The standard InChI is InChI=1S/C27H30ClN5O2.ClH/c28-22-15-13-19(14-16-22)18-32-25(34)23(12-7-17-31-27(29)30)33-26(35)24(20-8-3-1-4-9-20)21-10-5-2-6-11-21;/h1-6,8-11,13-16,23-24H,7,12,17-18H2,(H,32,34)(H,33,35)(H4,29,30,31);1H/t23-;/m1./s1. The summed E-state index contributed by atoms with van der Waals surface area (Å²) in [6.07, 6.45) is 0.907. The fraction of sp³-hybridized carbons (Fsp3) is 0.222. The molecule has 1 atom stereocenters. The van der Waals surface area contributed by atoms with Crippen LogP contribution in [0.3, 0.4) is 0 Å². The first kappa shape index (κ1) is 28.7. The van der Waals surface area contributed by atoms with Gasteiger partial charge in [-0.1, -0.05) is 84.4 Å². The van der Waals surface area contributed by atoms with E-state index in [4.69, 9.17) is 23.1 Å². The minimum atomic E-state index is -0.751. The van der Waals surface area contributed by atoms with E-state index < -0.39 is 12.0 Å². The van der Waals surface area contributed by atoms with E-state index in [9.17, 15) is 9.59 Å². The van der Waals surface area contributed by atoms with Crippen LogP contribution in [-0.2, 0) is 16.1 Å². The highest BCUT2D eigenvalue weighted by atomic mass is 35.5. The van der Waals surface area contributed by atoms with Crippen molar-refractivity contribution in [1.29, 1.82) is 0 Å². The Bertz CT molecular complexity index is 1080. The van der Waals surface area contributed by atoms with Crippen LogP contribution in [0.25, 0.3) is 0 Å². The summed E-state index contributed by atoms with van der Waals surface area (Å²) in [7, 11) is 0. The monoisotopic (exact) mass is 527 g/mol. The van der Waals surface area contributed by atoms with Gasteiger partial charge >= 0.3 is 0 Å². The van der Waals surface area contributed by atoms with Gasteiger partial charge < -0.3 is 22.1 Å². The maximum Gasteiger partial charge on any atom is 0.242 e. The van der Waals surface area contributed by atoms with Crippen LogP contribution >= 0.6 is 24.0 Å². The first-order chi connectivity index (χ1) is 16.9. The van der Waals surface area contributed by atoms with Crippen molar-refractivity contribution < 1.29 is 9.59 Å². The van der Waals surface area contributed by atoms with Crippen LogP contribution in [0.15, 0.2) is 89.9 Å². The molecule has 0 aliphatic carbocycles. The second kappa shape index (κ2) is 14.8. The number of rotatable bonds is 11. The van der Waals surface area contributed by atoms with Gasteiger partial charge in [0.15, 0.2) is 5.96 Å². The van der Waals surface area contributed by atoms with E-state index in [2.05, 4.69) is 15.6 Å². The number of hydrogen-bond donors (Lipinski definition) is 4. The van der Waals surface area contributed by atoms with Gasteiger partial charge in [-0.15, -0.1) is 12.4 Å². The van der Waals surface area contributed by atoms with Crippen molar-refractivity contribution in [1.82, 2.24) is 10.6 Å². The molecule has 0 unspecified atom stereocenters. The van der Waals surface area contributed by atoms with Crippen LogP contribution < -0.4 is 22.1 Å². The Kier molecular flexibility index (Phi) is 11.8. The molecule has 0 heterocycles. The summed E-state index contributed by atoms with van der Waals surface area (Å²) in [4.78, 5) is 30.6. The van der Waals surface area contributed by atoms with Crippen LogP contribution in [-0.4, -0.2) is 30.4 Å². The van der Waals surface area contributed by atoms with Crippen molar-refractivity contribution in [2.24, 2.45) is 16.5 Å². The minimum absolute atomic E-state index is 0. The minimum Gasteiger partial charge on any atom is -0.370 e. The number of amides is 2. The second-order valence-electron chi connectivity index (χ2n) is 8.11. The summed E-state index contributed by atoms with van der Waals surface area (Å²) in [5, 5.41) is 6.50. The lowest BCUT2D eigenvalue weighted by molar-refractivity contribution is -0.129. The predicted molar refractivity (Wildman–Crippen MR) is 147 cm³/mol. The molecule has 3 aromatic carbocycles. The van der Waals surface area contributed by atoms with Crippen molar-refractivity contribution in [3.8, 4) is 0 Å². The Morgan fingerprint density at radius 3 is 1.92 bits per heavy atom. The molecule has 9 heteroatoms. The normalized spacial score (nSPS) is 11.2. The third-order valence-corrected chi connectivity index (χ3v) is 5.74. The first-order valence-electron chi connectivity index (χ1n) is 11.4. The fourth-order valence-electron chi connectivity index (χ4n) is 3.73. The number of benzene rings is 3. The number of halogens is 2. The molecule has 0 aliphatic heterocycles. The third-order valence-electron chi connectivity index (χ3n) is 5.49. The Hall–Kier alpha value is -3.55. The fourth-order valence-corrected chi connectivity index (χ4v) is 3.85. The zero-order valence-corrected chi connectivity index (χ0v) is 21.3. The van der Waals surface area contributed by atoms with E-state index in [1.54, 1.807) is 12.1 Å². The average molecular weight is 528 g/mol. The quantitative estimate of drug-likeness (QED) is 0.172. The summed E-state index contributed by atoms with van der Waals surface area (Å²) >= 11 is 5.94. The molecule has 36 heavy (non-hydrogen) atoms. The summed E-state index contributed by atoms with van der Waals surface area (Å²) < 4.78 is 0. The van der Waals surface area contributed by atoms with E-state index in [1.807, 2.05) is 72.8 Å². The van der Waals surface area contributed by atoms with E-state index in [1.165, 1.54) is 0 Å². The molecule has 0 spiro atoms.